The summed E-state index contributed by atoms with van der Waals surface area (Å²) in [5.74, 6) is -2.74. The molecule has 4 nitrogen and oxygen atoms in total. The lowest BCUT2D eigenvalue weighted by Gasteiger charge is -2.18. The predicted molar refractivity (Wildman–Crippen MR) is 67.2 cm³/mol. The van der Waals surface area contributed by atoms with Crippen molar-refractivity contribution < 1.29 is 19.1 Å². The molecule has 1 heterocycles. The van der Waals surface area contributed by atoms with Crippen molar-refractivity contribution in [2.45, 2.75) is 6.42 Å². The van der Waals surface area contributed by atoms with Crippen molar-refractivity contribution in [1.29, 1.82) is 0 Å². The highest BCUT2D eigenvalue weighted by Crippen LogP contribution is 2.34. The van der Waals surface area contributed by atoms with Gasteiger partial charge in [0.1, 0.15) is 5.82 Å². The molecule has 1 saturated heterocycles. The van der Waals surface area contributed by atoms with Crippen molar-refractivity contribution in [1.82, 2.24) is 0 Å². The molecule has 1 N–H and O–H groups in total. The Morgan fingerprint density at radius 3 is 2.78 bits per heavy atom. The number of amides is 1. The maximum atomic E-state index is 13.4. The van der Waals surface area contributed by atoms with E-state index in [1.54, 1.807) is 0 Å². The molecule has 1 fully saturated rings. The molecule has 0 aliphatic carbocycles. The lowest BCUT2D eigenvalue weighted by atomic mass is 10.1. The van der Waals surface area contributed by atoms with Crippen LogP contribution < -0.4 is 4.90 Å². The fourth-order valence-electron chi connectivity index (χ4n) is 1.82. The van der Waals surface area contributed by atoms with Gasteiger partial charge in [0.15, 0.2) is 0 Å². The maximum Gasteiger partial charge on any atom is 0.308 e. The number of hydrogen-bond acceptors (Lipinski definition) is 2. The van der Waals surface area contributed by atoms with E-state index in [9.17, 15) is 14.0 Å². The van der Waals surface area contributed by atoms with Gasteiger partial charge >= 0.3 is 5.97 Å². The summed E-state index contributed by atoms with van der Waals surface area (Å²) in [7, 11) is 0. The van der Waals surface area contributed by atoms with Crippen molar-refractivity contribution in [3.05, 3.63) is 27.4 Å². The standard InChI is InChI=1S/C11H8BrClFNO3/c12-6-2-7(13)9(3-8(6)14)15-4-5(11(17)18)1-10(15)16/h2-3,5H,1,4H2,(H,17,18). The zero-order valence-electron chi connectivity index (χ0n) is 8.99. The number of carbonyl (C=O) groups is 2. The fourth-order valence-corrected chi connectivity index (χ4v) is 2.57. The van der Waals surface area contributed by atoms with Crippen LogP contribution in [-0.4, -0.2) is 23.5 Å². The van der Waals surface area contributed by atoms with Gasteiger partial charge in [-0.2, -0.15) is 0 Å². The van der Waals surface area contributed by atoms with Gasteiger partial charge in [-0.3, -0.25) is 9.59 Å². The van der Waals surface area contributed by atoms with Gasteiger partial charge in [0, 0.05) is 19.0 Å². The molecule has 1 unspecified atom stereocenters. The van der Waals surface area contributed by atoms with Crippen molar-refractivity contribution in [2.75, 3.05) is 11.4 Å². The lowest BCUT2D eigenvalue weighted by molar-refractivity contribution is -0.141. The quantitative estimate of drug-likeness (QED) is 0.845. The summed E-state index contributed by atoms with van der Waals surface area (Å²) in [5.41, 5.74) is 0.200. The van der Waals surface area contributed by atoms with Gasteiger partial charge < -0.3 is 10.0 Å². The molecule has 1 aromatic carbocycles. The zero-order chi connectivity index (χ0) is 13.4. The molecule has 1 amide bonds. The molecular weight excluding hydrogens is 328 g/mol. The van der Waals surface area contributed by atoms with Crippen LogP contribution in [0.4, 0.5) is 10.1 Å². The molecule has 0 spiro atoms. The largest absolute Gasteiger partial charge is 0.481 e. The summed E-state index contributed by atoms with van der Waals surface area (Å²) in [5, 5.41) is 9.07. The summed E-state index contributed by atoms with van der Waals surface area (Å²) in [6.07, 6.45) is -0.0939. The zero-order valence-corrected chi connectivity index (χ0v) is 11.3. The van der Waals surface area contributed by atoms with Gasteiger partial charge in [-0.25, -0.2) is 4.39 Å². The van der Waals surface area contributed by atoms with Gasteiger partial charge in [-0.1, -0.05) is 11.6 Å². The van der Waals surface area contributed by atoms with Crippen LogP contribution in [0.3, 0.4) is 0 Å². The smallest absolute Gasteiger partial charge is 0.308 e. The number of carbonyl (C=O) groups excluding carboxylic acids is 1. The second-order valence-corrected chi connectivity index (χ2v) is 5.22. The highest BCUT2D eigenvalue weighted by Gasteiger charge is 2.36. The Morgan fingerprint density at radius 1 is 1.56 bits per heavy atom. The van der Waals surface area contributed by atoms with E-state index in [1.807, 2.05) is 0 Å². The van der Waals surface area contributed by atoms with E-state index in [-0.39, 0.29) is 34.1 Å². The number of carboxylic acids is 1. The average molecular weight is 337 g/mol. The molecule has 96 valence electrons. The number of halogens is 3. The van der Waals surface area contributed by atoms with E-state index in [2.05, 4.69) is 15.9 Å². The molecule has 7 heteroatoms. The first-order valence-electron chi connectivity index (χ1n) is 5.08. The minimum Gasteiger partial charge on any atom is -0.481 e. The second kappa shape index (κ2) is 4.85. The van der Waals surface area contributed by atoms with E-state index in [1.165, 1.54) is 11.0 Å². The monoisotopic (exact) mass is 335 g/mol. The van der Waals surface area contributed by atoms with E-state index in [0.29, 0.717) is 0 Å². The third kappa shape index (κ3) is 2.35. The summed E-state index contributed by atoms with van der Waals surface area (Å²) in [4.78, 5) is 23.7. The Labute approximate surface area is 115 Å². The van der Waals surface area contributed by atoms with Crippen LogP contribution in [0.2, 0.25) is 5.02 Å². The molecule has 0 radical (unpaired) electrons. The Morgan fingerprint density at radius 2 is 2.22 bits per heavy atom. The third-order valence-corrected chi connectivity index (χ3v) is 3.67. The molecule has 0 aromatic heterocycles. The number of rotatable bonds is 2. The molecule has 1 atom stereocenters. The summed E-state index contributed by atoms with van der Waals surface area (Å²) < 4.78 is 13.6. The van der Waals surface area contributed by atoms with Gasteiger partial charge in [0.05, 0.1) is 21.1 Å². The molecule has 1 aromatic rings. The lowest BCUT2D eigenvalue weighted by Crippen LogP contribution is -2.26. The number of aliphatic carboxylic acids is 1. The number of benzene rings is 1. The number of anilines is 1. The summed E-state index contributed by atoms with van der Waals surface area (Å²) >= 11 is 8.92. The van der Waals surface area contributed by atoms with E-state index in [0.717, 1.165) is 6.07 Å². The second-order valence-electron chi connectivity index (χ2n) is 3.96. The SMILES string of the molecule is O=C(O)C1CC(=O)N(c2cc(F)c(Br)cc2Cl)C1. The van der Waals surface area contributed by atoms with E-state index in [4.69, 9.17) is 16.7 Å². The van der Waals surface area contributed by atoms with Crippen LogP contribution in [0.15, 0.2) is 16.6 Å². The van der Waals surface area contributed by atoms with Crippen molar-refractivity contribution in [2.24, 2.45) is 5.92 Å². The molecule has 0 bridgehead atoms. The van der Waals surface area contributed by atoms with Gasteiger partial charge in [0.25, 0.3) is 0 Å². The topological polar surface area (TPSA) is 57.6 Å². The first kappa shape index (κ1) is 13.3. The number of nitrogens with zero attached hydrogens (tertiary/aromatic N) is 1. The normalized spacial score (nSPS) is 19.4. The summed E-state index contributed by atoms with van der Waals surface area (Å²) in [6, 6.07) is 2.46. The average Bonchev–Trinajstić information content (AvgIpc) is 2.66. The highest BCUT2D eigenvalue weighted by molar-refractivity contribution is 9.10. The Hall–Kier alpha value is -1.14. The molecule has 18 heavy (non-hydrogen) atoms. The van der Waals surface area contributed by atoms with Crippen LogP contribution >= 0.6 is 27.5 Å². The minimum atomic E-state index is -1.04. The van der Waals surface area contributed by atoms with Gasteiger partial charge in [-0.05, 0) is 22.0 Å². The van der Waals surface area contributed by atoms with Crippen LogP contribution in [0.5, 0.6) is 0 Å². The van der Waals surface area contributed by atoms with Crippen molar-refractivity contribution >= 4 is 45.1 Å². The highest BCUT2D eigenvalue weighted by atomic mass is 79.9. The molecule has 1 aliphatic heterocycles. The van der Waals surface area contributed by atoms with Gasteiger partial charge in [0.2, 0.25) is 5.91 Å². The van der Waals surface area contributed by atoms with Crippen LogP contribution in [0.25, 0.3) is 0 Å². The number of hydrogen-bond donors (Lipinski definition) is 1. The first-order chi connectivity index (χ1) is 8.40. The van der Waals surface area contributed by atoms with Crippen molar-refractivity contribution in [3.8, 4) is 0 Å². The predicted octanol–water partition coefficient (Wildman–Crippen LogP) is 2.68. The van der Waals surface area contributed by atoms with Gasteiger partial charge in [-0.15, -0.1) is 0 Å². The minimum absolute atomic E-state index is 0.00889. The Kier molecular flexibility index (Phi) is 3.59. The molecular formula is C11H8BrClFNO3. The third-order valence-electron chi connectivity index (χ3n) is 2.75. The summed E-state index contributed by atoms with van der Waals surface area (Å²) in [6.45, 7) is 0.00889. The van der Waals surface area contributed by atoms with E-state index >= 15 is 0 Å². The first-order valence-corrected chi connectivity index (χ1v) is 6.25. The molecule has 1 aliphatic rings. The van der Waals surface area contributed by atoms with Crippen LogP contribution in [-0.2, 0) is 9.59 Å². The van der Waals surface area contributed by atoms with Crippen LogP contribution in [0, 0.1) is 11.7 Å². The Balaban J connectivity index is 2.35. The molecule has 2 rings (SSSR count). The number of carboxylic acid groups (broad SMARTS) is 1. The Bertz CT molecular complexity index is 537. The van der Waals surface area contributed by atoms with Crippen LogP contribution in [0.1, 0.15) is 6.42 Å². The maximum absolute atomic E-state index is 13.4. The molecule has 0 saturated carbocycles. The van der Waals surface area contributed by atoms with Crippen molar-refractivity contribution in [3.63, 3.8) is 0 Å². The van der Waals surface area contributed by atoms with E-state index < -0.39 is 17.7 Å². The fraction of sp³-hybridized carbons (Fsp3) is 0.273.